The molecule has 2 nitrogen and oxygen atoms in total. The van der Waals surface area contributed by atoms with E-state index in [2.05, 4.69) is 26.9 Å². The molecule has 1 aromatic rings. The average molecular weight is 367 g/mol. The van der Waals surface area contributed by atoms with Gasteiger partial charge in [-0.25, -0.2) is 0 Å². The van der Waals surface area contributed by atoms with E-state index in [9.17, 15) is 0 Å². The maximum absolute atomic E-state index is 5.90. The predicted molar refractivity (Wildman–Crippen MR) is 97.0 cm³/mol. The molecule has 0 amide bonds. The Labute approximate surface area is 141 Å². The molecule has 2 fully saturated rings. The van der Waals surface area contributed by atoms with Crippen molar-refractivity contribution in [3.05, 3.63) is 28.2 Å². The van der Waals surface area contributed by atoms with Crippen molar-refractivity contribution in [2.24, 2.45) is 11.1 Å². The second-order valence-corrected chi connectivity index (χ2v) is 7.93. The number of nitrogens with two attached hydrogens (primary N) is 1. The molecule has 0 atom stereocenters. The molecule has 3 rings (SSSR count). The molecule has 114 valence electrons. The number of nitrogens with zero attached hydrogens (tertiary/aromatic N) is 1. The van der Waals surface area contributed by atoms with Crippen molar-refractivity contribution in [2.75, 3.05) is 18.0 Å². The van der Waals surface area contributed by atoms with Crippen LogP contribution >= 0.6 is 28.1 Å². The van der Waals surface area contributed by atoms with Crippen LogP contribution in [0.2, 0.25) is 0 Å². The summed E-state index contributed by atoms with van der Waals surface area (Å²) in [5.74, 6) is 0. The van der Waals surface area contributed by atoms with Gasteiger partial charge in [-0.15, -0.1) is 0 Å². The van der Waals surface area contributed by atoms with Gasteiger partial charge in [0.25, 0.3) is 0 Å². The highest BCUT2D eigenvalue weighted by Crippen LogP contribution is 2.45. The lowest BCUT2D eigenvalue weighted by Crippen LogP contribution is -2.41. The van der Waals surface area contributed by atoms with Gasteiger partial charge in [0.2, 0.25) is 0 Å². The van der Waals surface area contributed by atoms with Gasteiger partial charge in [-0.3, -0.25) is 0 Å². The third-order valence-electron chi connectivity index (χ3n) is 5.30. The van der Waals surface area contributed by atoms with Crippen molar-refractivity contribution in [2.45, 2.75) is 44.9 Å². The van der Waals surface area contributed by atoms with Crippen LogP contribution in [0.3, 0.4) is 0 Å². The monoisotopic (exact) mass is 366 g/mol. The van der Waals surface area contributed by atoms with Crippen LogP contribution in [-0.2, 0) is 0 Å². The van der Waals surface area contributed by atoms with Crippen LogP contribution in [0.5, 0.6) is 0 Å². The van der Waals surface area contributed by atoms with E-state index in [1.54, 1.807) is 0 Å². The van der Waals surface area contributed by atoms with Crippen LogP contribution in [0.1, 0.15) is 50.5 Å². The van der Waals surface area contributed by atoms with Crippen LogP contribution < -0.4 is 10.6 Å². The molecular formula is C17H23BrN2S. The molecule has 1 spiro atoms. The van der Waals surface area contributed by atoms with E-state index >= 15 is 0 Å². The van der Waals surface area contributed by atoms with Gasteiger partial charge in [-0.05, 0) is 49.3 Å². The Bertz CT molecular complexity index is 528. The van der Waals surface area contributed by atoms with E-state index < -0.39 is 0 Å². The van der Waals surface area contributed by atoms with E-state index in [0.717, 1.165) is 23.1 Å². The fraction of sp³-hybridized carbons (Fsp3) is 0.588. The van der Waals surface area contributed by atoms with Crippen LogP contribution in [0.25, 0.3) is 0 Å². The van der Waals surface area contributed by atoms with Gasteiger partial charge in [0.1, 0.15) is 4.99 Å². The molecule has 1 aromatic carbocycles. The quantitative estimate of drug-likeness (QED) is 0.773. The minimum atomic E-state index is 0.496. The number of hydrogen-bond donors (Lipinski definition) is 1. The van der Waals surface area contributed by atoms with E-state index in [1.807, 2.05) is 12.1 Å². The van der Waals surface area contributed by atoms with Crippen LogP contribution in [0.4, 0.5) is 5.69 Å². The third kappa shape index (κ3) is 3.26. The van der Waals surface area contributed by atoms with Gasteiger partial charge >= 0.3 is 0 Å². The molecule has 1 aliphatic heterocycles. The number of halogens is 1. The van der Waals surface area contributed by atoms with Gasteiger partial charge in [-0.2, -0.15) is 0 Å². The Morgan fingerprint density at radius 1 is 1.10 bits per heavy atom. The van der Waals surface area contributed by atoms with Gasteiger partial charge in [-0.1, -0.05) is 47.4 Å². The van der Waals surface area contributed by atoms with E-state index in [-0.39, 0.29) is 0 Å². The molecule has 0 radical (unpaired) electrons. The number of anilines is 1. The molecule has 4 heteroatoms. The first-order chi connectivity index (χ1) is 10.1. The Morgan fingerprint density at radius 2 is 1.76 bits per heavy atom. The van der Waals surface area contributed by atoms with E-state index in [4.69, 9.17) is 18.0 Å². The van der Waals surface area contributed by atoms with Crippen molar-refractivity contribution in [1.82, 2.24) is 0 Å². The highest BCUT2D eigenvalue weighted by molar-refractivity contribution is 9.10. The SMILES string of the molecule is NC(=S)c1ccc(Br)cc1N1CCC2(CCCCC2)CC1. The molecule has 1 saturated carbocycles. The van der Waals surface area contributed by atoms with E-state index in [1.165, 1.54) is 50.6 Å². The maximum atomic E-state index is 5.90. The second kappa shape index (κ2) is 6.25. The molecule has 21 heavy (non-hydrogen) atoms. The summed E-state index contributed by atoms with van der Waals surface area (Å²) in [4.78, 5) is 2.97. The van der Waals surface area contributed by atoms with Crippen LogP contribution in [0, 0.1) is 5.41 Å². The Balaban J connectivity index is 1.77. The van der Waals surface area contributed by atoms with Gasteiger partial charge in [0, 0.05) is 28.8 Å². The van der Waals surface area contributed by atoms with Crippen LogP contribution in [-0.4, -0.2) is 18.1 Å². The van der Waals surface area contributed by atoms with Crippen molar-refractivity contribution in [3.63, 3.8) is 0 Å². The van der Waals surface area contributed by atoms with Gasteiger partial charge in [0.05, 0.1) is 0 Å². The molecule has 1 heterocycles. The molecule has 0 bridgehead atoms. The number of piperidine rings is 1. The van der Waals surface area contributed by atoms with Crippen molar-refractivity contribution < 1.29 is 0 Å². The minimum absolute atomic E-state index is 0.496. The Morgan fingerprint density at radius 3 is 2.38 bits per heavy atom. The summed E-state index contributed by atoms with van der Waals surface area (Å²) in [5, 5.41) is 0. The highest BCUT2D eigenvalue weighted by Gasteiger charge is 2.35. The summed E-state index contributed by atoms with van der Waals surface area (Å²) in [6.07, 6.45) is 9.78. The second-order valence-electron chi connectivity index (χ2n) is 6.57. The first-order valence-electron chi connectivity index (χ1n) is 7.94. The lowest BCUT2D eigenvalue weighted by Gasteiger charge is -2.45. The fourth-order valence-electron chi connectivity index (χ4n) is 4.00. The van der Waals surface area contributed by atoms with Crippen molar-refractivity contribution in [3.8, 4) is 0 Å². The summed E-state index contributed by atoms with van der Waals surface area (Å²) in [6, 6.07) is 6.21. The first-order valence-corrected chi connectivity index (χ1v) is 9.14. The molecule has 1 saturated heterocycles. The zero-order valence-electron chi connectivity index (χ0n) is 12.4. The highest BCUT2D eigenvalue weighted by atomic mass is 79.9. The Hall–Kier alpha value is -0.610. The lowest BCUT2D eigenvalue weighted by atomic mass is 9.68. The van der Waals surface area contributed by atoms with Crippen molar-refractivity contribution in [1.29, 1.82) is 0 Å². The van der Waals surface area contributed by atoms with Gasteiger partial charge < -0.3 is 10.6 Å². The number of rotatable bonds is 2. The van der Waals surface area contributed by atoms with Crippen molar-refractivity contribution >= 4 is 38.8 Å². The largest absolute Gasteiger partial charge is 0.389 e. The van der Waals surface area contributed by atoms with E-state index in [0.29, 0.717) is 10.4 Å². The molecule has 2 aliphatic rings. The van der Waals surface area contributed by atoms with Gasteiger partial charge in [0.15, 0.2) is 0 Å². The standard InChI is InChI=1S/C17H23BrN2S/c18-13-4-5-14(16(19)21)15(12-13)20-10-8-17(9-11-20)6-2-1-3-7-17/h4-5,12H,1-3,6-11H2,(H2,19,21). The lowest BCUT2D eigenvalue weighted by molar-refractivity contribution is 0.144. The average Bonchev–Trinajstić information content (AvgIpc) is 2.48. The summed E-state index contributed by atoms with van der Waals surface area (Å²) in [5.41, 5.74) is 8.73. The molecule has 0 unspecified atom stereocenters. The zero-order chi connectivity index (χ0) is 14.9. The summed E-state index contributed by atoms with van der Waals surface area (Å²) < 4.78 is 1.09. The Kier molecular flexibility index (Phi) is 4.55. The molecular weight excluding hydrogens is 344 g/mol. The number of thiocarbonyl (C=S) groups is 1. The zero-order valence-corrected chi connectivity index (χ0v) is 14.8. The normalized spacial score (nSPS) is 21.5. The third-order valence-corrected chi connectivity index (χ3v) is 6.02. The maximum Gasteiger partial charge on any atom is 0.106 e. The smallest absolute Gasteiger partial charge is 0.106 e. The van der Waals surface area contributed by atoms with Crippen LogP contribution in [0.15, 0.2) is 22.7 Å². The predicted octanol–water partition coefficient (Wildman–Crippen LogP) is 4.63. The summed E-state index contributed by atoms with van der Waals surface area (Å²) >= 11 is 8.79. The summed E-state index contributed by atoms with van der Waals surface area (Å²) in [7, 11) is 0. The minimum Gasteiger partial charge on any atom is -0.389 e. The summed E-state index contributed by atoms with van der Waals surface area (Å²) in [6.45, 7) is 2.26. The molecule has 0 aromatic heterocycles. The number of hydrogen-bond acceptors (Lipinski definition) is 2. The molecule has 1 aliphatic carbocycles. The topological polar surface area (TPSA) is 29.3 Å². The first kappa shape index (κ1) is 15.3. The number of benzene rings is 1. The molecule has 2 N–H and O–H groups in total. The fourth-order valence-corrected chi connectivity index (χ4v) is 4.52.